The summed E-state index contributed by atoms with van der Waals surface area (Å²) >= 11 is 0. The minimum Gasteiger partial charge on any atom is -0.450 e. The summed E-state index contributed by atoms with van der Waals surface area (Å²) < 4.78 is 10.3. The van der Waals surface area contributed by atoms with E-state index in [1.165, 1.54) is 0 Å². The number of nitrogens with one attached hydrogen (secondary N) is 1. The second-order valence-electron chi connectivity index (χ2n) is 5.00. The molecule has 1 atom stereocenters. The van der Waals surface area contributed by atoms with Gasteiger partial charge in [0, 0.05) is 45.2 Å². The summed E-state index contributed by atoms with van der Waals surface area (Å²) in [7, 11) is 0. The van der Waals surface area contributed by atoms with E-state index < -0.39 is 0 Å². The summed E-state index contributed by atoms with van der Waals surface area (Å²) in [5.41, 5.74) is 0. The number of piperazine rings is 1. The fourth-order valence-corrected chi connectivity index (χ4v) is 2.44. The predicted octanol–water partition coefficient (Wildman–Crippen LogP) is -0.334. The maximum Gasteiger partial charge on any atom is 0.409 e. The van der Waals surface area contributed by atoms with Gasteiger partial charge in [-0.15, -0.1) is 0 Å². The third-order valence-electron chi connectivity index (χ3n) is 3.58. The predicted molar refractivity (Wildman–Crippen MR) is 72.4 cm³/mol. The molecule has 0 spiro atoms. The van der Waals surface area contributed by atoms with E-state index in [0.717, 1.165) is 6.54 Å². The van der Waals surface area contributed by atoms with Crippen LogP contribution < -0.4 is 5.32 Å². The summed E-state index contributed by atoms with van der Waals surface area (Å²) in [4.78, 5) is 27.2. The molecule has 0 aromatic rings. The van der Waals surface area contributed by atoms with Gasteiger partial charge in [0.05, 0.1) is 19.8 Å². The molecule has 0 aromatic heterocycles. The van der Waals surface area contributed by atoms with Crippen molar-refractivity contribution >= 4 is 12.0 Å². The van der Waals surface area contributed by atoms with Crippen molar-refractivity contribution in [3.63, 3.8) is 0 Å². The van der Waals surface area contributed by atoms with Gasteiger partial charge >= 0.3 is 6.09 Å². The third-order valence-corrected chi connectivity index (χ3v) is 3.58. The molecule has 7 heteroatoms. The minimum atomic E-state index is -0.290. The topological polar surface area (TPSA) is 71.1 Å². The molecule has 2 heterocycles. The quantitative estimate of drug-likeness (QED) is 0.768. The Morgan fingerprint density at radius 1 is 1.25 bits per heavy atom. The van der Waals surface area contributed by atoms with Crippen LogP contribution in [0, 0.1) is 0 Å². The molecule has 20 heavy (non-hydrogen) atoms. The molecule has 114 valence electrons. The van der Waals surface area contributed by atoms with Crippen LogP contribution in [0.5, 0.6) is 0 Å². The maximum atomic E-state index is 12.2. The Labute approximate surface area is 119 Å². The molecular formula is C13H23N3O4. The fraction of sp³-hybridized carbons (Fsp3) is 0.846. The Kier molecular flexibility index (Phi) is 5.60. The number of amides is 2. The molecule has 2 rings (SSSR count). The second kappa shape index (κ2) is 7.44. The summed E-state index contributed by atoms with van der Waals surface area (Å²) in [5, 5.41) is 3.28. The van der Waals surface area contributed by atoms with E-state index in [4.69, 9.17) is 9.47 Å². The number of hydrogen-bond acceptors (Lipinski definition) is 5. The normalized spacial score (nSPS) is 23.6. The van der Waals surface area contributed by atoms with Crippen molar-refractivity contribution in [2.24, 2.45) is 0 Å². The van der Waals surface area contributed by atoms with E-state index in [2.05, 4.69) is 5.32 Å². The van der Waals surface area contributed by atoms with E-state index >= 15 is 0 Å². The number of ether oxygens (including phenoxy) is 2. The smallest absolute Gasteiger partial charge is 0.409 e. The first kappa shape index (κ1) is 15.1. The molecular weight excluding hydrogens is 262 g/mol. The van der Waals surface area contributed by atoms with Gasteiger partial charge in [-0.05, 0) is 6.92 Å². The van der Waals surface area contributed by atoms with Crippen molar-refractivity contribution in [3.05, 3.63) is 0 Å². The molecule has 0 radical (unpaired) electrons. The first-order valence-electron chi connectivity index (χ1n) is 7.21. The number of hydrogen-bond donors (Lipinski definition) is 1. The molecule has 0 aromatic carbocycles. The van der Waals surface area contributed by atoms with E-state index in [-0.39, 0.29) is 18.0 Å². The van der Waals surface area contributed by atoms with Gasteiger partial charge in [-0.3, -0.25) is 4.79 Å². The zero-order valence-electron chi connectivity index (χ0n) is 12.0. The van der Waals surface area contributed by atoms with Gasteiger partial charge in [0.25, 0.3) is 0 Å². The van der Waals surface area contributed by atoms with Gasteiger partial charge < -0.3 is 24.6 Å². The van der Waals surface area contributed by atoms with Gasteiger partial charge in [-0.25, -0.2) is 4.79 Å². The molecule has 2 fully saturated rings. The van der Waals surface area contributed by atoms with E-state index in [1.54, 1.807) is 11.8 Å². The molecule has 2 aliphatic rings. The zero-order valence-corrected chi connectivity index (χ0v) is 12.0. The van der Waals surface area contributed by atoms with Crippen LogP contribution in [0.2, 0.25) is 0 Å². The lowest BCUT2D eigenvalue weighted by Gasteiger charge is -2.35. The largest absolute Gasteiger partial charge is 0.450 e. The summed E-state index contributed by atoms with van der Waals surface area (Å²) in [6.07, 6.45) is 0.168. The molecule has 0 aliphatic carbocycles. The number of nitrogens with zero attached hydrogens (tertiary/aromatic N) is 2. The second-order valence-corrected chi connectivity index (χ2v) is 5.00. The van der Waals surface area contributed by atoms with Gasteiger partial charge in [0.1, 0.15) is 0 Å². The molecule has 1 N–H and O–H groups in total. The highest BCUT2D eigenvalue weighted by Crippen LogP contribution is 2.08. The highest BCUT2D eigenvalue weighted by Gasteiger charge is 2.26. The molecule has 0 bridgehead atoms. The summed E-state index contributed by atoms with van der Waals surface area (Å²) in [6.45, 7) is 6.50. The van der Waals surface area contributed by atoms with E-state index in [9.17, 15) is 9.59 Å². The van der Waals surface area contributed by atoms with Crippen LogP contribution in [0.3, 0.4) is 0 Å². The van der Waals surface area contributed by atoms with Crippen molar-refractivity contribution < 1.29 is 19.1 Å². The lowest BCUT2D eigenvalue weighted by Crippen LogP contribution is -2.52. The van der Waals surface area contributed by atoms with Crippen LogP contribution in [0.4, 0.5) is 4.79 Å². The van der Waals surface area contributed by atoms with Crippen LogP contribution in [0.15, 0.2) is 0 Å². The van der Waals surface area contributed by atoms with Gasteiger partial charge in [-0.2, -0.15) is 0 Å². The average Bonchev–Trinajstić information content (AvgIpc) is 2.48. The molecule has 2 saturated heterocycles. The van der Waals surface area contributed by atoms with E-state index in [0.29, 0.717) is 52.4 Å². The Balaban J connectivity index is 1.72. The molecule has 2 aliphatic heterocycles. The van der Waals surface area contributed by atoms with Crippen molar-refractivity contribution in [2.45, 2.75) is 19.4 Å². The summed E-state index contributed by atoms with van der Waals surface area (Å²) in [5.74, 6) is 0.122. The Bertz CT molecular complexity index is 337. The number of rotatable bonds is 3. The van der Waals surface area contributed by atoms with Crippen molar-refractivity contribution in [1.29, 1.82) is 0 Å². The average molecular weight is 285 g/mol. The standard InChI is InChI=1S/C13H23N3O4/c1-2-20-13(18)16-6-4-15(5-7-16)12(17)9-11-10-19-8-3-14-11/h11,14H,2-10H2,1H3. The highest BCUT2D eigenvalue weighted by atomic mass is 16.6. The summed E-state index contributed by atoms with van der Waals surface area (Å²) in [6, 6.07) is 0.110. The molecule has 0 saturated carbocycles. The van der Waals surface area contributed by atoms with Crippen molar-refractivity contribution in [3.8, 4) is 0 Å². The Hall–Kier alpha value is -1.34. The van der Waals surface area contributed by atoms with Gasteiger partial charge in [0.15, 0.2) is 0 Å². The first-order valence-corrected chi connectivity index (χ1v) is 7.21. The number of morpholine rings is 1. The first-order chi connectivity index (χ1) is 9.70. The lowest BCUT2D eigenvalue weighted by molar-refractivity contribution is -0.134. The Morgan fingerprint density at radius 2 is 1.95 bits per heavy atom. The van der Waals surface area contributed by atoms with Crippen molar-refractivity contribution in [1.82, 2.24) is 15.1 Å². The van der Waals surface area contributed by atoms with Gasteiger partial charge in [-0.1, -0.05) is 0 Å². The van der Waals surface area contributed by atoms with Crippen molar-refractivity contribution in [2.75, 3.05) is 52.5 Å². The van der Waals surface area contributed by atoms with Crippen LogP contribution in [-0.2, 0) is 14.3 Å². The van der Waals surface area contributed by atoms with Crippen LogP contribution in [-0.4, -0.2) is 80.4 Å². The molecule has 2 amide bonds. The zero-order chi connectivity index (χ0) is 14.4. The third kappa shape index (κ3) is 4.08. The lowest BCUT2D eigenvalue weighted by atomic mass is 10.1. The minimum absolute atomic E-state index is 0.110. The number of carbonyl (C=O) groups is 2. The molecule has 1 unspecified atom stereocenters. The maximum absolute atomic E-state index is 12.2. The van der Waals surface area contributed by atoms with Crippen LogP contribution in [0.25, 0.3) is 0 Å². The molecule has 7 nitrogen and oxygen atoms in total. The van der Waals surface area contributed by atoms with E-state index in [1.807, 2.05) is 4.90 Å². The van der Waals surface area contributed by atoms with Crippen LogP contribution in [0.1, 0.15) is 13.3 Å². The number of carbonyl (C=O) groups excluding carboxylic acids is 2. The monoisotopic (exact) mass is 285 g/mol. The van der Waals surface area contributed by atoms with Gasteiger partial charge in [0.2, 0.25) is 5.91 Å². The SMILES string of the molecule is CCOC(=O)N1CCN(C(=O)CC2COCCN2)CC1. The fourth-order valence-electron chi connectivity index (χ4n) is 2.44. The highest BCUT2D eigenvalue weighted by molar-refractivity contribution is 5.77. The van der Waals surface area contributed by atoms with Crippen LogP contribution >= 0.6 is 0 Å². The Morgan fingerprint density at radius 3 is 2.55 bits per heavy atom.